The van der Waals surface area contributed by atoms with Crippen LogP contribution in [0.2, 0.25) is 0 Å². The van der Waals surface area contributed by atoms with Gasteiger partial charge in [0.25, 0.3) is 0 Å². The van der Waals surface area contributed by atoms with Crippen LogP contribution in [0.1, 0.15) is 0 Å². The van der Waals surface area contributed by atoms with E-state index in [9.17, 15) is 8.78 Å². The van der Waals surface area contributed by atoms with Crippen LogP contribution in [0.4, 0.5) is 8.78 Å². The number of quaternary nitrogens is 1. The summed E-state index contributed by atoms with van der Waals surface area (Å²) in [6.07, 6.45) is 0. The van der Waals surface area contributed by atoms with Crippen LogP contribution in [0.5, 0.6) is 0 Å². The van der Waals surface area contributed by atoms with Gasteiger partial charge in [-0.1, -0.05) is 0 Å². The van der Waals surface area contributed by atoms with Crippen LogP contribution in [0.25, 0.3) is 0 Å². The Bertz CT molecular complexity index is 63.4. The molecule has 0 aliphatic rings. The fraction of sp³-hybridized carbons (Fsp3) is 1.00. The monoisotopic (exact) mass is 124 g/mol. The van der Waals surface area contributed by atoms with Crippen molar-refractivity contribution in [2.75, 3.05) is 34.1 Å². The van der Waals surface area contributed by atoms with Crippen molar-refractivity contribution in [1.29, 1.82) is 0 Å². The molecule has 0 aromatic rings. The van der Waals surface area contributed by atoms with Crippen molar-refractivity contribution in [2.24, 2.45) is 0 Å². The van der Waals surface area contributed by atoms with Crippen LogP contribution < -0.4 is 0 Å². The molecular weight excluding hydrogens is 112 g/mol. The Morgan fingerprint density at radius 3 is 1.88 bits per heavy atom. The molecule has 0 aliphatic heterocycles. The van der Waals surface area contributed by atoms with E-state index < -0.39 is 13.5 Å². The first kappa shape index (κ1) is 7.82. The van der Waals surface area contributed by atoms with Crippen molar-refractivity contribution in [3.05, 3.63) is 0 Å². The van der Waals surface area contributed by atoms with Crippen molar-refractivity contribution in [2.45, 2.75) is 0 Å². The maximum absolute atomic E-state index is 11.8. The van der Waals surface area contributed by atoms with Gasteiger partial charge >= 0.3 is 0 Å². The van der Waals surface area contributed by atoms with E-state index in [1.54, 1.807) is 14.1 Å². The van der Waals surface area contributed by atoms with E-state index in [1.807, 2.05) is 0 Å². The number of hydrogen-bond donors (Lipinski definition) is 0. The van der Waals surface area contributed by atoms with Gasteiger partial charge in [0.05, 0.1) is 14.1 Å². The summed E-state index contributed by atoms with van der Waals surface area (Å²) in [4.78, 5) is 0. The zero-order valence-electron chi connectivity index (χ0n) is 5.32. The summed E-state index contributed by atoms with van der Waals surface area (Å²) >= 11 is 0. The van der Waals surface area contributed by atoms with Crippen LogP contribution in [-0.4, -0.2) is 38.6 Å². The number of nitrogens with zero attached hydrogens (tertiary/aromatic N) is 1. The van der Waals surface area contributed by atoms with E-state index in [4.69, 9.17) is 0 Å². The van der Waals surface area contributed by atoms with E-state index in [0.717, 1.165) is 0 Å². The van der Waals surface area contributed by atoms with Gasteiger partial charge in [-0.2, -0.15) is 4.39 Å². The summed E-state index contributed by atoms with van der Waals surface area (Å²) in [5.74, 6) is 0. The molecule has 0 heterocycles. The predicted octanol–water partition coefficient (Wildman–Crippen LogP) is 0.959. The molecule has 0 unspecified atom stereocenters. The largest absolute Gasteiger partial charge is 0.300 e. The van der Waals surface area contributed by atoms with Crippen molar-refractivity contribution >= 4 is 0 Å². The van der Waals surface area contributed by atoms with Gasteiger partial charge in [-0.3, -0.25) is 4.48 Å². The van der Waals surface area contributed by atoms with E-state index in [0.29, 0.717) is 0 Å². The Morgan fingerprint density at radius 2 is 1.75 bits per heavy atom. The molecule has 1 nitrogen and oxygen atoms in total. The Kier molecular flexibility index (Phi) is 2.90. The van der Waals surface area contributed by atoms with Crippen LogP contribution in [0.15, 0.2) is 0 Å². The van der Waals surface area contributed by atoms with Crippen LogP contribution >= 0.6 is 0 Å². The molecule has 50 valence electrons. The topological polar surface area (TPSA) is 0 Å². The third-order valence-corrected chi connectivity index (χ3v) is 1.01. The van der Waals surface area contributed by atoms with Crippen LogP contribution in [0, 0.1) is 0 Å². The second-order valence-corrected chi connectivity index (χ2v) is 2.47. The highest BCUT2D eigenvalue weighted by atomic mass is 19.1. The summed E-state index contributed by atoms with van der Waals surface area (Å²) in [6, 6.07) is 0. The second-order valence-electron chi connectivity index (χ2n) is 2.47. The van der Waals surface area contributed by atoms with Gasteiger partial charge in [0, 0.05) is 0 Å². The molecule has 0 spiro atoms. The summed E-state index contributed by atoms with van der Waals surface area (Å²) in [5, 5.41) is 0. The summed E-state index contributed by atoms with van der Waals surface area (Å²) in [6.45, 7) is -0.683. The molecule has 8 heavy (non-hydrogen) atoms. The average molecular weight is 124 g/mol. The molecule has 0 rings (SSSR count). The van der Waals surface area contributed by atoms with E-state index >= 15 is 0 Å². The molecule has 0 bridgehead atoms. The van der Waals surface area contributed by atoms with E-state index in [2.05, 4.69) is 0 Å². The van der Waals surface area contributed by atoms with Crippen molar-refractivity contribution in [3.8, 4) is 0 Å². The van der Waals surface area contributed by atoms with Gasteiger partial charge in [0.2, 0.25) is 6.80 Å². The Labute approximate surface area is 48.5 Å². The summed E-state index contributed by atoms with van der Waals surface area (Å²) < 4.78 is 23.4. The third-order valence-electron chi connectivity index (χ3n) is 1.01. The fourth-order valence-electron chi connectivity index (χ4n) is 0.289. The Balaban J connectivity index is 3.37. The lowest BCUT2D eigenvalue weighted by Gasteiger charge is -2.23. The van der Waals surface area contributed by atoms with E-state index in [1.165, 1.54) is 0 Å². The van der Waals surface area contributed by atoms with Gasteiger partial charge in [0.1, 0.15) is 13.2 Å². The first-order chi connectivity index (χ1) is 3.62. The minimum Gasteiger partial charge on any atom is -0.300 e. The molecule has 0 N–H and O–H groups in total. The highest BCUT2D eigenvalue weighted by molar-refractivity contribution is 4.22. The Hall–Kier alpha value is -0.180. The van der Waals surface area contributed by atoms with Gasteiger partial charge in [0.15, 0.2) is 0 Å². The number of hydrogen-bond acceptors (Lipinski definition) is 0. The minimum absolute atomic E-state index is 0.122. The molecule has 0 fully saturated rings. The first-order valence-electron chi connectivity index (χ1n) is 2.56. The molecule has 0 radical (unpaired) electrons. The molecule has 0 atom stereocenters. The smallest absolute Gasteiger partial charge is 0.221 e. The van der Waals surface area contributed by atoms with Gasteiger partial charge < -0.3 is 0 Å². The number of halogens is 2. The lowest BCUT2D eigenvalue weighted by molar-refractivity contribution is -0.902. The lowest BCUT2D eigenvalue weighted by Crippen LogP contribution is -2.40. The van der Waals surface area contributed by atoms with Crippen molar-refractivity contribution < 1.29 is 13.3 Å². The molecule has 0 aromatic carbocycles. The molecule has 0 aliphatic carbocycles. The molecule has 0 aromatic heterocycles. The second kappa shape index (κ2) is 2.97. The summed E-state index contributed by atoms with van der Waals surface area (Å²) in [5.41, 5.74) is 0. The highest BCUT2D eigenvalue weighted by Gasteiger charge is 2.11. The molecule has 0 saturated heterocycles. The Morgan fingerprint density at radius 1 is 1.25 bits per heavy atom. The normalized spacial score (nSPS) is 12.0. The quantitative estimate of drug-likeness (QED) is 0.388. The van der Waals surface area contributed by atoms with Gasteiger partial charge in [-0.25, -0.2) is 4.39 Å². The lowest BCUT2D eigenvalue weighted by atomic mass is 10.5. The first-order valence-corrected chi connectivity index (χ1v) is 2.56. The van der Waals surface area contributed by atoms with Gasteiger partial charge in [-0.15, -0.1) is 0 Å². The number of rotatable bonds is 3. The van der Waals surface area contributed by atoms with Crippen LogP contribution in [-0.2, 0) is 0 Å². The van der Waals surface area contributed by atoms with E-state index in [-0.39, 0.29) is 11.0 Å². The maximum atomic E-state index is 11.8. The predicted molar refractivity (Wildman–Crippen MR) is 28.9 cm³/mol. The van der Waals surface area contributed by atoms with Crippen molar-refractivity contribution in [3.63, 3.8) is 0 Å². The maximum Gasteiger partial charge on any atom is 0.221 e. The highest BCUT2D eigenvalue weighted by Crippen LogP contribution is 1.95. The number of alkyl halides is 2. The molecule has 0 amide bonds. The molecule has 3 heteroatoms. The zero-order valence-corrected chi connectivity index (χ0v) is 5.32. The average Bonchev–Trinajstić information content (AvgIpc) is 1.67. The fourth-order valence-corrected chi connectivity index (χ4v) is 0.289. The van der Waals surface area contributed by atoms with Gasteiger partial charge in [-0.05, 0) is 0 Å². The third kappa shape index (κ3) is 2.91. The summed E-state index contributed by atoms with van der Waals surface area (Å²) in [7, 11) is 3.30. The standard InChI is InChI=1S/C5H12F2N/c1-8(2,5-7)4-3-6/h3-5H2,1-2H3/q+1. The van der Waals surface area contributed by atoms with Crippen LogP contribution in [0.3, 0.4) is 0 Å². The molecular formula is C5H12F2N+. The SMILES string of the molecule is C[N+](C)(CF)CCF. The molecule has 0 saturated carbocycles. The zero-order chi connectivity index (χ0) is 6.62. The van der Waals surface area contributed by atoms with Crippen molar-refractivity contribution in [1.82, 2.24) is 0 Å². The minimum atomic E-state index is -0.496.